The van der Waals surface area contributed by atoms with Crippen molar-refractivity contribution in [1.29, 1.82) is 0 Å². The number of nitrogens with zero attached hydrogens (tertiary/aromatic N) is 3. The fourth-order valence-electron chi connectivity index (χ4n) is 4.51. The average Bonchev–Trinajstić information content (AvgIpc) is 3.09. The molecule has 0 radical (unpaired) electrons. The van der Waals surface area contributed by atoms with Gasteiger partial charge in [-0.05, 0) is 29.5 Å². The van der Waals surface area contributed by atoms with Gasteiger partial charge in [0.2, 0.25) is 5.91 Å². The summed E-state index contributed by atoms with van der Waals surface area (Å²) in [6, 6.07) is 13.4. The highest BCUT2D eigenvalue weighted by Gasteiger charge is 2.36. The first-order valence-electron chi connectivity index (χ1n) is 10.7. The van der Waals surface area contributed by atoms with Crippen molar-refractivity contribution in [3.8, 4) is 0 Å². The van der Waals surface area contributed by atoms with Crippen LogP contribution in [0.2, 0.25) is 0 Å². The van der Waals surface area contributed by atoms with Gasteiger partial charge in [-0.3, -0.25) is 19.8 Å². The quantitative estimate of drug-likeness (QED) is 0.461. The van der Waals surface area contributed by atoms with E-state index in [0.29, 0.717) is 44.2 Å². The number of para-hydroxylation sites is 1. The summed E-state index contributed by atoms with van der Waals surface area (Å²) in [6.07, 6.45) is 0. The molecule has 0 bridgehead atoms. The highest BCUT2D eigenvalue weighted by molar-refractivity contribution is 5.73. The molecule has 1 amide bonds. The maximum atomic E-state index is 13.9. The number of hydrogen-bond donors (Lipinski definition) is 0. The van der Waals surface area contributed by atoms with Crippen LogP contribution in [0.25, 0.3) is 0 Å². The molecule has 1 aliphatic heterocycles. The summed E-state index contributed by atoms with van der Waals surface area (Å²) >= 11 is 0. The third-order valence-electron chi connectivity index (χ3n) is 5.86. The third kappa shape index (κ3) is 5.88. The minimum absolute atomic E-state index is 0.0313. The summed E-state index contributed by atoms with van der Waals surface area (Å²) in [7, 11) is 0. The van der Waals surface area contributed by atoms with E-state index in [1.165, 1.54) is 12.1 Å². The zero-order valence-electron chi connectivity index (χ0n) is 18.3. The van der Waals surface area contributed by atoms with Gasteiger partial charge in [0.25, 0.3) is 5.69 Å². The second-order valence-electron chi connectivity index (χ2n) is 8.82. The lowest BCUT2D eigenvalue weighted by atomic mass is 9.88. The monoisotopic (exact) mass is 427 g/mol. The van der Waals surface area contributed by atoms with Gasteiger partial charge in [-0.1, -0.05) is 44.2 Å². The molecule has 6 nitrogen and oxygen atoms in total. The predicted molar refractivity (Wildman–Crippen MR) is 118 cm³/mol. The van der Waals surface area contributed by atoms with Gasteiger partial charge >= 0.3 is 0 Å². The second kappa shape index (κ2) is 10.0. The molecular formula is C24H30FN3O3. The molecular weight excluding hydrogens is 397 g/mol. The maximum absolute atomic E-state index is 13.9. The molecule has 0 aliphatic carbocycles. The van der Waals surface area contributed by atoms with Crippen LogP contribution >= 0.6 is 0 Å². The molecule has 166 valence electrons. The Morgan fingerprint density at radius 1 is 1.23 bits per heavy atom. The van der Waals surface area contributed by atoms with Crippen molar-refractivity contribution in [1.82, 2.24) is 9.80 Å². The lowest BCUT2D eigenvalue weighted by Crippen LogP contribution is -2.38. The van der Waals surface area contributed by atoms with Gasteiger partial charge in [0.05, 0.1) is 4.92 Å². The van der Waals surface area contributed by atoms with E-state index in [0.717, 1.165) is 5.56 Å². The van der Waals surface area contributed by atoms with Gasteiger partial charge in [-0.2, -0.15) is 0 Å². The van der Waals surface area contributed by atoms with Crippen LogP contribution in [-0.2, 0) is 11.3 Å². The summed E-state index contributed by atoms with van der Waals surface area (Å²) in [5, 5.41) is 11.4. The third-order valence-corrected chi connectivity index (χ3v) is 5.86. The summed E-state index contributed by atoms with van der Waals surface area (Å²) < 4.78 is 13.9. The number of nitro benzene ring substituents is 1. The highest BCUT2D eigenvalue weighted by atomic mass is 19.1. The van der Waals surface area contributed by atoms with E-state index in [1.807, 2.05) is 11.0 Å². The van der Waals surface area contributed by atoms with Crippen molar-refractivity contribution < 1.29 is 14.1 Å². The molecule has 7 heteroatoms. The van der Waals surface area contributed by atoms with Crippen molar-refractivity contribution in [3.63, 3.8) is 0 Å². The largest absolute Gasteiger partial charge is 0.342 e. The number of halogens is 1. The van der Waals surface area contributed by atoms with Crippen molar-refractivity contribution in [2.75, 3.05) is 26.2 Å². The Bertz CT molecular complexity index is 934. The van der Waals surface area contributed by atoms with E-state index < -0.39 is 0 Å². The van der Waals surface area contributed by atoms with Crippen LogP contribution in [0.1, 0.15) is 37.8 Å². The Labute approximate surface area is 182 Å². The number of benzene rings is 2. The van der Waals surface area contributed by atoms with Gasteiger partial charge in [0.15, 0.2) is 0 Å². The second-order valence-corrected chi connectivity index (χ2v) is 8.82. The Kier molecular flexibility index (Phi) is 7.38. The van der Waals surface area contributed by atoms with Crippen LogP contribution in [-0.4, -0.2) is 46.8 Å². The SMILES string of the molecule is CC(=O)N(CC(C)C)C[C@H]1CN(Cc2ccccc2[N+](=O)[O-])C[C@@H]1c1cccc(F)c1. The first-order chi connectivity index (χ1) is 14.7. The molecule has 3 rings (SSSR count). The van der Waals surface area contributed by atoms with Crippen LogP contribution in [0.5, 0.6) is 0 Å². The molecule has 2 atom stereocenters. The van der Waals surface area contributed by atoms with Gasteiger partial charge in [-0.15, -0.1) is 0 Å². The van der Waals surface area contributed by atoms with E-state index >= 15 is 0 Å². The Morgan fingerprint density at radius 2 is 1.97 bits per heavy atom. The fourth-order valence-corrected chi connectivity index (χ4v) is 4.51. The van der Waals surface area contributed by atoms with Gasteiger partial charge in [0, 0.05) is 57.2 Å². The molecule has 1 aliphatic rings. The topological polar surface area (TPSA) is 66.7 Å². The summed E-state index contributed by atoms with van der Waals surface area (Å²) in [5.41, 5.74) is 1.68. The van der Waals surface area contributed by atoms with Crippen LogP contribution < -0.4 is 0 Å². The highest BCUT2D eigenvalue weighted by Crippen LogP contribution is 2.35. The zero-order valence-corrected chi connectivity index (χ0v) is 18.3. The van der Waals surface area contributed by atoms with Crippen molar-refractivity contribution in [2.45, 2.75) is 33.2 Å². The van der Waals surface area contributed by atoms with Crippen LogP contribution in [0, 0.1) is 27.8 Å². The van der Waals surface area contributed by atoms with E-state index in [-0.39, 0.29) is 34.2 Å². The summed E-state index contributed by atoms with van der Waals surface area (Å²) in [6.45, 7) is 8.80. The molecule has 2 aromatic carbocycles. The van der Waals surface area contributed by atoms with E-state index in [1.54, 1.807) is 37.3 Å². The normalized spacial score (nSPS) is 19.0. The van der Waals surface area contributed by atoms with Gasteiger partial charge < -0.3 is 4.90 Å². The zero-order chi connectivity index (χ0) is 22.5. The van der Waals surface area contributed by atoms with Crippen molar-refractivity contribution in [3.05, 3.63) is 75.6 Å². The van der Waals surface area contributed by atoms with Crippen molar-refractivity contribution in [2.24, 2.45) is 11.8 Å². The smallest absolute Gasteiger partial charge is 0.273 e. The minimum Gasteiger partial charge on any atom is -0.342 e. The molecule has 0 aromatic heterocycles. The predicted octanol–water partition coefficient (Wildman–Crippen LogP) is 4.45. The molecule has 1 saturated heterocycles. The number of hydrogen-bond acceptors (Lipinski definition) is 4. The van der Waals surface area contributed by atoms with Gasteiger partial charge in [0.1, 0.15) is 5.82 Å². The molecule has 0 saturated carbocycles. The number of likely N-dealkylation sites (tertiary alicyclic amines) is 1. The molecule has 31 heavy (non-hydrogen) atoms. The fraction of sp³-hybridized carbons (Fsp3) is 0.458. The lowest BCUT2D eigenvalue weighted by Gasteiger charge is -2.29. The molecule has 1 fully saturated rings. The summed E-state index contributed by atoms with van der Waals surface area (Å²) in [5.74, 6) is 0.267. The van der Waals surface area contributed by atoms with Gasteiger partial charge in [-0.25, -0.2) is 4.39 Å². The summed E-state index contributed by atoms with van der Waals surface area (Å²) in [4.78, 5) is 27.3. The molecule has 1 heterocycles. The molecule has 2 aromatic rings. The molecule has 0 N–H and O–H groups in total. The van der Waals surface area contributed by atoms with Crippen LogP contribution in [0.3, 0.4) is 0 Å². The molecule has 0 spiro atoms. The lowest BCUT2D eigenvalue weighted by molar-refractivity contribution is -0.385. The Hall–Kier alpha value is -2.80. The molecule has 0 unspecified atom stereocenters. The van der Waals surface area contributed by atoms with E-state index in [9.17, 15) is 19.3 Å². The minimum atomic E-state index is -0.354. The van der Waals surface area contributed by atoms with Crippen molar-refractivity contribution >= 4 is 11.6 Å². The average molecular weight is 428 g/mol. The van der Waals surface area contributed by atoms with E-state index in [4.69, 9.17) is 0 Å². The van der Waals surface area contributed by atoms with Crippen LogP contribution in [0.4, 0.5) is 10.1 Å². The number of rotatable bonds is 8. The first kappa shape index (κ1) is 22.9. The Morgan fingerprint density at radius 3 is 2.61 bits per heavy atom. The van der Waals surface area contributed by atoms with Crippen LogP contribution in [0.15, 0.2) is 48.5 Å². The number of carbonyl (C=O) groups excluding carboxylic acids is 1. The standard InChI is InChI=1S/C24H30FN3O3/c1-17(2)12-27(18(3)29)15-21-14-26(13-20-7-4-5-10-24(20)28(30)31)16-23(21)19-8-6-9-22(25)11-19/h4-11,17,21,23H,12-16H2,1-3H3/t21-,23-/m1/s1. The van der Waals surface area contributed by atoms with E-state index in [2.05, 4.69) is 18.7 Å². The number of nitro groups is 1. The number of amides is 1. The maximum Gasteiger partial charge on any atom is 0.273 e. The number of carbonyl (C=O) groups is 1. The Balaban J connectivity index is 1.85. The first-order valence-corrected chi connectivity index (χ1v) is 10.7.